The van der Waals surface area contributed by atoms with Crippen LogP contribution in [0.2, 0.25) is 0 Å². The second-order valence-electron chi connectivity index (χ2n) is 13.8. The summed E-state index contributed by atoms with van der Waals surface area (Å²) in [7, 11) is 0. The molecule has 0 N–H and O–H groups in total. The molecule has 0 aromatic heterocycles. The average molecular weight is 787 g/mol. The summed E-state index contributed by atoms with van der Waals surface area (Å²) >= 11 is 1.36. The Bertz CT molecular complexity index is 1850. The first-order valence-electron chi connectivity index (χ1n) is 16.3. The molecule has 0 nitrogen and oxygen atoms in total. The van der Waals surface area contributed by atoms with Gasteiger partial charge in [-0.3, -0.25) is 0 Å². The number of rotatable bonds is 5. The molecule has 6 aromatic carbocycles. The van der Waals surface area contributed by atoms with Crippen molar-refractivity contribution < 1.29 is 23.3 Å². The van der Waals surface area contributed by atoms with Gasteiger partial charge in [0, 0.05) is 0 Å². The summed E-state index contributed by atoms with van der Waals surface area (Å²) in [6.07, 6.45) is 1.19. The number of benzene rings is 4. The normalized spacial score (nSPS) is 11.0. The molecule has 0 aliphatic heterocycles. The Kier molecular flexibility index (Phi) is 19.7. The number of hydrogen-bond acceptors (Lipinski definition) is 0. The summed E-state index contributed by atoms with van der Waals surface area (Å²) in [5.41, 5.74) is 12.5. The van der Waals surface area contributed by atoms with Gasteiger partial charge in [-0.05, 0) is 45.9 Å². The number of hydrogen-bond donors (Lipinski definition) is 0. The van der Waals surface area contributed by atoms with Gasteiger partial charge < -0.3 is 14.9 Å². The Hall–Kier alpha value is -2.22. The van der Waals surface area contributed by atoms with Gasteiger partial charge in [-0.2, -0.15) is 12.1 Å². The van der Waals surface area contributed by atoms with Gasteiger partial charge in [-0.15, -0.1) is 93.4 Å². The fourth-order valence-electron chi connectivity index (χ4n) is 6.06. The van der Waals surface area contributed by atoms with E-state index in [-0.39, 0.29) is 45.1 Å². The topological polar surface area (TPSA) is 0 Å². The van der Waals surface area contributed by atoms with Crippen molar-refractivity contribution in [3.63, 3.8) is 0 Å². The minimum atomic E-state index is 0. The van der Waals surface area contributed by atoms with Crippen molar-refractivity contribution in [3.8, 4) is 22.3 Å². The van der Waals surface area contributed by atoms with E-state index in [0.717, 1.165) is 0 Å². The van der Waals surface area contributed by atoms with E-state index >= 15 is 0 Å². The maximum atomic E-state index is 3.06. The van der Waals surface area contributed by atoms with Crippen LogP contribution in [0.15, 0.2) is 103 Å². The third-order valence-electron chi connectivity index (χ3n) is 9.15. The van der Waals surface area contributed by atoms with Crippen LogP contribution in [0.4, 0.5) is 0 Å². The molecule has 1 unspecified atom stereocenters. The SMILES string of the molecule is CCC(C)c1ccc(-c2cccc3[cH-]c(C(C)C)cc23)cc1.Cc1cc2c(-c3ccc(C(C)(C)C)cc3)ccc(C)c2[cH-]1.Cl.Cl.[CH3-].[CH3-].[Si]=[Zr]. The molecule has 0 heterocycles. The fourth-order valence-corrected chi connectivity index (χ4v) is 6.06. The van der Waals surface area contributed by atoms with Crippen molar-refractivity contribution in [1.29, 1.82) is 0 Å². The number of aryl methyl sites for hydroxylation is 2. The quantitative estimate of drug-likeness (QED) is 0.121. The molecule has 49 heavy (non-hydrogen) atoms. The Balaban J connectivity index is 0.000000831. The Morgan fingerprint density at radius 2 is 1.24 bits per heavy atom. The van der Waals surface area contributed by atoms with Gasteiger partial charge in [-0.25, -0.2) is 0 Å². The van der Waals surface area contributed by atoms with E-state index in [1.165, 1.54) is 101 Å². The van der Waals surface area contributed by atoms with Crippen LogP contribution in [0, 0.1) is 28.7 Å². The van der Waals surface area contributed by atoms with Gasteiger partial charge in [-0.1, -0.05) is 134 Å². The van der Waals surface area contributed by atoms with Crippen LogP contribution in [0.3, 0.4) is 0 Å². The molecule has 0 fully saturated rings. The minimum absolute atomic E-state index is 0. The van der Waals surface area contributed by atoms with E-state index in [1.807, 2.05) is 0 Å². The van der Waals surface area contributed by atoms with Crippen LogP contribution in [0.5, 0.6) is 0 Å². The van der Waals surface area contributed by atoms with Gasteiger partial charge in [0.25, 0.3) is 0 Å². The van der Waals surface area contributed by atoms with Gasteiger partial charge in [0.15, 0.2) is 0 Å². The van der Waals surface area contributed by atoms with Crippen molar-refractivity contribution in [2.24, 2.45) is 0 Å². The Morgan fingerprint density at radius 3 is 1.78 bits per heavy atom. The number of fused-ring (bicyclic) bond motifs is 2. The summed E-state index contributed by atoms with van der Waals surface area (Å²) in [6, 6.07) is 38.6. The first-order chi connectivity index (χ1) is 21.5. The molecule has 0 aliphatic rings. The third-order valence-corrected chi connectivity index (χ3v) is 9.15. The van der Waals surface area contributed by atoms with Crippen LogP contribution >= 0.6 is 24.8 Å². The molecule has 0 bridgehead atoms. The molecule has 0 saturated carbocycles. The molecule has 0 saturated heterocycles. The molecule has 262 valence electrons. The fraction of sp³-hybridized carbons (Fsp3) is 0.289. The predicted molar refractivity (Wildman–Crippen MR) is 224 cm³/mol. The molecule has 0 spiro atoms. The van der Waals surface area contributed by atoms with Crippen molar-refractivity contribution >= 4 is 53.2 Å². The Labute approximate surface area is 328 Å². The van der Waals surface area contributed by atoms with Crippen LogP contribution in [0.1, 0.15) is 94.5 Å². The molecule has 2 radical (unpaired) electrons. The third kappa shape index (κ3) is 11.1. The van der Waals surface area contributed by atoms with Crippen molar-refractivity contribution in [1.82, 2.24) is 0 Å². The molecule has 6 rings (SSSR count). The first kappa shape index (κ1) is 46.8. The van der Waals surface area contributed by atoms with Crippen molar-refractivity contribution in [2.45, 2.75) is 86.0 Å². The van der Waals surface area contributed by atoms with E-state index in [2.05, 4.69) is 172 Å². The summed E-state index contributed by atoms with van der Waals surface area (Å²) in [5.74, 6) is 1.21. The van der Waals surface area contributed by atoms with Gasteiger partial charge in [0.2, 0.25) is 0 Å². The summed E-state index contributed by atoms with van der Waals surface area (Å²) in [5, 5.41) is 5.48. The van der Waals surface area contributed by atoms with Crippen LogP contribution in [-0.4, -0.2) is 6.88 Å². The maximum absolute atomic E-state index is 3.06. The molecule has 0 aliphatic carbocycles. The van der Waals surface area contributed by atoms with Crippen molar-refractivity contribution in [3.05, 3.63) is 146 Å². The molecule has 0 amide bonds. The zero-order valence-corrected chi connectivity index (χ0v) is 36.6. The molecule has 1 atom stereocenters. The van der Waals surface area contributed by atoms with Gasteiger partial charge in [0.05, 0.1) is 0 Å². The standard InChI is InChI=1S/C22H25.C21H23.2CH3.2ClH.Si.Zr/c1-5-16(4)17-9-11-18(12-10-17)21-8-6-7-19-13-20(15(2)3)14-22(19)21;1-14-12-19-15(2)6-11-18(20(19)13-14)16-7-9-17(10-8-16)21(3,4)5;;;;;;/h6-16H,5H2,1-4H3;6-13H,1-5H3;2*1H3;2*1H;;/q4*-1;;;;. The zero-order chi connectivity index (χ0) is 32.9. The zero-order valence-electron chi connectivity index (χ0n) is 31.5. The van der Waals surface area contributed by atoms with Crippen LogP contribution in [0.25, 0.3) is 43.8 Å². The van der Waals surface area contributed by atoms with E-state index in [4.69, 9.17) is 0 Å². The molecular formula is C45H56Cl2SiZr-4. The van der Waals surface area contributed by atoms with Crippen molar-refractivity contribution in [2.75, 3.05) is 0 Å². The van der Waals surface area contributed by atoms with E-state index in [0.29, 0.717) is 11.8 Å². The summed E-state index contributed by atoms with van der Waals surface area (Å²) in [4.78, 5) is 0. The van der Waals surface area contributed by atoms with E-state index in [1.54, 1.807) is 0 Å². The summed E-state index contributed by atoms with van der Waals surface area (Å²) in [6.45, 7) is 23.3. The molecule has 4 heteroatoms. The Morgan fingerprint density at radius 1 is 0.694 bits per heavy atom. The molecule has 6 aromatic rings. The molecular weight excluding hydrogens is 731 g/mol. The second-order valence-corrected chi connectivity index (χ2v) is 13.8. The monoisotopic (exact) mass is 784 g/mol. The number of halogens is 2. The van der Waals surface area contributed by atoms with Crippen LogP contribution < -0.4 is 0 Å². The predicted octanol–water partition coefficient (Wildman–Crippen LogP) is 14.4. The first-order valence-corrected chi connectivity index (χ1v) is 20.5. The van der Waals surface area contributed by atoms with Gasteiger partial charge in [0.1, 0.15) is 0 Å². The van der Waals surface area contributed by atoms with E-state index < -0.39 is 0 Å². The summed E-state index contributed by atoms with van der Waals surface area (Å²) < 4.78 is 0. The van der Waals surface area contributed by atoms with E-state index in [9.17, 15) is 0 Å². The van der Waals surface area contributed by atoms with Gasteiger partial charge >= 0.3 is 30.2 Å². The average Bonchev–Trinajstić information content (AvgIpc) is 3.66. The second kappa shape index (κ2) is 20.6. The van der Waals surface area contributed by atoms with Crippen LogP contribution in [-0.2, 0) is 28.8 Å².